The van der Waals surface area contributed by atoms with Crippen LogP contribution in [0.3, 0.4) is 0 Å². The molecule has 0 saturated heterocycles. The van der Waals surface area contributed by atoms with E-state index in [0.717, 1.165) is 16.9 Å². The highest BCUT2D eigenvalue weighted by atomic mass is 35.5. The number of aromatic nitrogens is 2. The Morgan fingerprint density at radius 2 is 1.81 bits per heavy atom. The number of carbonyl (C=O) groups is 1. The zero-order valence-corrected chi connectivity index (χ0v) is 15.4. The van der Waals surface area contributed by atoms with Gasteiger partial charge in [-0.25, -0.2) is 9.97 Å². The largest absolute Gasteiger partial charge is 0.324 e. The lowest BCUT2D eigenvalue weighted by Crippen LogP contribution is -2.30. The van der Waals surface area contributed by atoms with E-state index in [4.69, 9.17) is 11.6 Å². The molecule has 0 fully saturated rings. The van der Waals surface area contributed by atoms with Crippen LogP contribution in [0.1, 0.15) is 22.8 Å². The number of anilines is 3. The maximum atomic E-state index is 12.7. The summed E-state index contributed by atoms with van der Waals surface area (Å²) in [7, 11) is 0. The van der Waals surface area contributed by atoms with E-state index in [1.54, 1.807) is 4.90 Å². The second kappa shape index (κ2) is 7.97. The summed E-state index contributed by atoms with van der Waals surface area (Å²) in [6.45, 7) is 4.43. The Bertz CT molecular complexity index is 897. The molecule has 0 aliphatic heterocycles. The zero-order chi connectivity index (χ0) is 18.5. The summed E-state index contributed by atoms with van der Waals surface area (Å²) < 4.78 is 0. The predicted molar refractivity (Wildman–Crippen MR) is 105 cm³/mol. The third-order valence-electron chi connectivity index (χ3n) is 3.96. The summed E-state index contributed by atoms with van der Waals surface area (Å²) in [5.74, 6) is 0.271. The summed E-state index contributed by atoms with van der Waals surface area (Å²) in [6.07, 6.45) is 3.05. The van der Waals surface area contributed by atoms with Crippen LogP contribution in [0.15, 0.2) is 60.9 Å². The van der Waals surface area contributed by atoms with Gasteiger partial charge in [0.05, 0.1) is 5.56 Å². The molecule has 6 heteroatoms. The van der Waals surface area contributed by atoms with Gasteiger partial charge in [-0.05, 0) is 43.7 Å². The van der Waals surface area contributed by atoms with Gasteiger partial charge in [-0.15, -0.1) is 0 Å². The highest BCUT2D eigenvalue weighted by Gasteiger charge is 2.16. The lowest BCUT2D eigenvalue weighted by atomic mass is 10.2. The van der Waals surface area contributed by atoms with Crippen LogP contribution in [-0.4, -0.2) is 22.4 Å². The molecule has 1 amide bonds. The van der Waals surface area contributed by atoms with Gasteiger partial charge in [-0.2, -0.15) is 0 Å². The van der Waals surface area contributed by atoms with Crippen LogP contribution in [0.4, 0.5) is 17.3 Å². The van der Waals surface area contributed by atoms with Crippen molar-refractivity contribution in [1.82, 2.24) is 9.97 Å². The summed E-state index contributed by atoms with van der Waals surface area (Å²) in [5, 5.41) is 3.75. The van der Waals surface area contributed by atoms with Crippen LogP contribution in [0, 0.1) is 6.92 Å². The molecule has 5 nitrogen and oxygen atoms in total. The van der Waals surface area contributed by atoms with Crippen LogP contribution >= 0.6 is 11.6 Å². The second-order valence-corrected chi connectivity index (χ2v) is 6.18. The molecule has 2 aromatic carbocycles. The molecule has 0 aliphatic carbocycles. The van der Waals surface area contributed by atoms with Crippen molar-refractivity contribution in [3.05, 3.63) is 77.1 Å². The minimum atomic E-state index is -0.136. The average molecular weight is 367 g/mol. The Morgan fingerprint density at radius 3 is 2.42 bits per heavy atom. The maximum absolute atomic E-state index is 12.7. The first kappa shape index (κ1) is 17.9. The average Bonchev–Trinajstić information content (AvgIpc) is 2.67. The molecule has 26 heavy (non-hydrogen) atoms. The summed E-state index contributed by atoms with van der Waals surface area (Å²) >= 11 is 6.12. The van der Waals surface area contributed by atoms with Gasteiger partial charge < -0.3 is 10.2 Å². The highest BCUT2D eigenvalue weighted by molar-refractivity contribution is 6.31. The van der Waals surface area contributed by atoms with Gasteiger partial charge in [0.15, 0.2) is 0 Å². The fraction of sp³-hybridized carbons (Fsp3) is 0.150. The van der Waals surface area contributed by atoms with Gasteiger partial charge in [0.2, 0.25) is 5.95 Å². The summed E-state index contributed by atoms with van der Waals surface area (Å²) in [5.41, 5.74) is 3.07. The Labute approximate surface area is 157 Å². The molecule has 0 bridgehead atoms. The molecule has 3 aromatic rings. The van der Waals surface area contributed by atoms with E-state index in [9.17, 15) is 4.79 Å². The van der Waals surface area contributed by atoms with E-state index in [1.807, 2.05) is 62.4 Å². The van der Waals surface area contributed by atoms with Crippen molar-refractivity contribution in [3.8, 4) is 0 Å². The topological polar surface area (TPSA) is 58.1 Å². The number of benzene rings is 2. The molecular weight excluding hydrogens is 348 g/mol. The third-order valence-corrected chi connectivity index (χ3v) is 4.36. The monoisotopic (exact) mass is 366 g/mol. The van der Waals surface area contributed by atoms with Crippen LogP contribution in [0.5, 0.6) is 0 Å². The molecule has 1 heterocycles. The summed E-state index contributed by atoms with van der Waals surface area (Å²) in [4.78, 5) is 22.9. The first-order valence-electron chi connectivity index (χ1n) is 8.30. The molecule has 0 aliphatic rings. The smallest absolute Gasteiger partial charge is 0.261 e. The van der Waals surface area contributed by atoms with Crippen molar-refractivity contribution in [2.45, 2.75) is 13.8 Å². The van der Waals surface area contributed by atoms with Crippen molar-refractivity contribution in [1.29, 1.82) is 0 Å². The van der Waals surface area contributed by atoms with Crippen molar-refractivity contribution < 1.29 is 4.79 Å². The number of carbonyl (C=O) groups excluding carboxylic acids is 1. The number of hydrogen-bond donors (Lipinski definition) is 1. The number of halogens is 1. The SMILES string of the molecule is CCN(C(=O)c1cnc(Nc2ccc(C)c(Cl)c2)nc1)c1ccccc1. The van der Waals surface area contributed by atoms with E-state index in [-0.39, 0.29) is 5.91 Å². The fourth-order valence-corrected chi connectivity index (χ4v) is 2.69. The number of hydrogen-bond acceptors (Lipinski definition) is 4. The van der Waals surface area contributed by atoms with Gasteiger partial charge in [0.1, 0.15) is 0 Å². The maximum Gasteiger partial charge on any atom is 0.261 e. The van der Waals surface area contributed by atoms with Crippen LogP contribution in [0.2, 0.25) is 5.02 Å². The number of nitrogens with one attached hydrogen (secondary N) is 1. The Kier molecular flexibility index (Phi) is 5.49. The first-order valence-corrected chi connectivity index (χ1v) is 8.68. The zero-order valence-electron chi connectivity index (χ0n) is 14.6. The van der Waals surface area contributed by atoms with Crippen molar-refractivity contribution in [2.75, 3.05) is 16.8 Å². The van der Waals surface area contributed by atoms with E-state index in [2.05, 4.69) is 15.3 Å². The van der Waals surface area contributed by atoms with E-state index >= 15 is 0 Å². The van der Waals surface area contributed by atoms with Gasteiger partial charge in [0, 0.05) is 35.3 Å². The van der Waals surface area contributed by atoms with Gasteiger partial charge >= 0.3 is 0 Å². The standard InChI is InChI=1S/C20H19ClN4O/c1-3-25(17-7-5-4-6-8-17)19(26)15-12-22-20(23-13-15)24-16-10-9-14(2)18(21)11-16/h4-13H,3H2,1-2H3,(H,22,23,24). The molecule has 0 atom stereocenters. The highest BCUT2D eigenvalue weighted by Crippen LogP contribution is 2.22. The molecule has 0 spiro atoms. The summed E-state index contributed by atoms with van der Waals surface area (Å²) in [6, 6.07) is 15.2. The molecule has 0 saturated carbocycles. The number of para-hydroxylation sites is 1. The van der Waals surface area contributed by atoms with Gasteiger partial charge in [-0.1, -0.05) is 35.9 Å². The van der Waals surface area contributed by atoms with Crippen LogP contribution in [0.25, 0.3) is 0 Å². The number of nitrogens with zero attached hydrogens (tertiary/aromatic N) is 3. The number of amides is 1. The van der Waals surface area contributed by atoms with Crippen LogP contribution in [-0.2, 0) is 0 Å². The Morgan fingerprint density at radius 1 is 1.12 bits per heavy atom. The van der Waals surface area contributed by atoms with E-state index < -0.39 is 0 Å². The minimum absolute atomic E-state index is 0.136. The first-order chi connectivity index (χ1) is 12.6. The van der Waals surface area contributed by atoms with Crippen LogP contribution < -0.4 is 10.2 Å². The van der Waals surface area contributed by atoms with E-state index in [1.165, 1.54) is 12.4 Å². The molecule has 1 N–H and O–H groups in total. The second-order valence-electron chi connectivity index (χ2n) is 5.77. The van der Waals surface area contributed by atoms with Crippen molar-refractivity contribution in [2.24, 2.45) is 0 Å². The Hall–Kier alpha value is -2.92. The molecule has 1 aromatic heterocycles. The molecule has 0 radical (unpaired) electrons. The minimum Gasteiger partial charge on any atom is -0.324 e. The Balaban J connectivity index is 1.76. The normalized spacial score (nSPS) is 10.4. The predicted octanol–water partition coefficient (Wildman–Crippen LogP) is 4.85. The molecule has 132 valence electrons. The van der Waals surface area contributed by atoms with Crippen molar-refractivity contribution >= 4 is 34.8 Å². The number of rotatable bonds is 5. The lowest BCUT2D eigenvalue weighted by Gasteiger charge is -2.20. The fourth-order valence-electron chi connectivity index (χ4n) is 2.51. The van der Waals surface area contributed by atoms with Crippen molar-refractivity contribution in [3.63, 3.8) is 0 Å². The third kappa shape index (κ3) is 4.00. The quantitative estimate of drug-likeness (QED) is 0.701. The van der Waals surface area contributed by atoms with E-state index in [0.29, 0.717) is 23.1 Å². The molecule has 3 rings (SSSR count). The molecular formula is C20H19ClN4O. The molecule has 0 unspecified atom stereocenters. The lowest BCUT2D eigenvalue weighted by molar-refractivity contribution is 0.0987. The van der Waals surface area contributed by atoms with Gasteiger partial charge in [0.25, 0.3) is 5.91 Å². The van der Waals surface area contributed by atoms with Gasteiger partial charge in [-0.3, -0.25) is 4.79 Å². The number of aryl methyl sites for hydroxylation is 1.